The Morgan fingerprint density at radius 3 is 2.56 bits per heavy atom. The van der Waals surface area contributed by atoms with Crippen LogP contribution in [0.4, 0.5) is 0 Å². The summed E-state index contributed by atoms with van der Waals surface area (Å²) < 4.78 is 0. The van der Waals surface area contributed by atoms with E-state index >= 15 is 0 Å². The van der Waals surface area contributed by atoms with Gasteiger partial charge in [-0.25, -0.2) is 0 Å². The number of hydrogen-bond acceptors (Lipinski definition) is 2. The van der Waals surface area contributed by atoms with Crippen molar-refractivity contribution < 1.29 is 0 Å². The molecule has 0 bridgehead atoms. The first-order chi connectivity index (χ1) is 7.55. The lowest BCUT2D eigenvalue weighted by Crippen LogP contribution is -2.39. The minimum Gasteiger partial charge on any atom is -0.311 e. The lowest BCUT2D eigenvalue weighted by atomic mass is 10.0. The highest BCUT2D eigenvalue weighted by atomic mass is 32.2. The average molecular weight is 237 g/mol. The van der Waals surface area contributed by atoms with Gasteiger partial charge in [0.1, 0.15) is 0 Å². The number of aryl methyl sites for hydroxylation is 1. The minimum absolute atomic E-state index is 0.270. The van der Waals surface area contributed by atoms with E-state index in [9.17, 15) is 0 Å². The summed E-state index contributed by atoms with van der Waals surface area (Å²) in [7, 11) is 0. The van der Waals surface area contributed by atoms with Gasteiger partial charge in [-0.2, -0.15) is 0 Å². The third kappa shape index (κ3) is 4.58. The van der Waals surface area contributed by atoms with Crippen molar-refractivity contribution in [1.29, 1.82) is 0 Å². The molecule has 16 heavy (non-hydrogen) atoms. The zero-order chi connectivity index (χ0) is 12.0. The van der Waals surface area contributed by atoms with Crippen LogP contribution in [-0.2, 0) is 0 Å². The number of nitrogens with one attached hydrogen (secondary N) is 1. The zero-order valence-corrected chi connectivity index (χ0v) is 11.7. The van der Waals surface area contributed by atoms with E-state index in [-0.39, 0.29) is 5.54 Å². The van der Waals surface area contributed by atoms with Crippen molar-refractivity contribution in [2.24, 2.45) is 0 Å². The Hall–Kier alpha value is -0.470. The topological polar surface area (TPSA) is 12.0 Å². The average Bonchev–Trinajstić information content (AvgIpc) is 2.27. The van der Waals surface area contributed by atoms with Gasteiger partial charge in [-0.15, -0.1) is 11.8 Å². The van der Waals surface area contributed by atoms with Gasteiger partial charge in [0, 0.05) is 22.7 Å². The summed E-state index contributed by atoms with van der Waals surface area (Å²) in [4.78, 5) is 1.40. The first kappa shape index (κ1) is 13.6. The maximum Gasteiger partial charge on any atom is 0.0122 e. The second-order valence-electron chi connectivity index (χ2n) is 4.78. The lowest BCUT2D eigenvalue weighted by molar-refractivity contribution is 0.388. The molecule has 90 valence electrons. The van der Waals surface area contributed by atoms with Crippen molar-refractivity contribution in [1.82, 2.24) is 5.32 Å². The molecule has 0 aromatic heterocycles. The summed E-state index contributed by atoms with van der Waals surface area (Å²) in [5, 5.41) is 3.58. The van der Waals surface area contributed by atoms with Gasteiger partial charge in [0.05, 0.1) is 0 Å². The third-order valence-electron chi connectivity index (χ3n) is 2.94. The highest BCUT2D eigenvalue weighted by Crippen LogP contribution is 2.21. The number of rotatable bonds is 6. The third-order valence-corrected chi connectivity index (χ3v) is 4.12. The number of benzene rings is 1. The molecule has 0 aliphatic rings. The van der Waals surface area contributed by atoms with E-state index in [1.165, 1.54) is 16.9 Å². The molecule has 1 aromatic carbocycles. The van der Waals surface area contributed by atoms with Crippen LogP contribution in [0, 0.1) is 6.92 Å². The van der Waals surface area contributed by atoms with Gasteiger partial charge in [0.25, 0.3) is 0 Å². The van der Waals surface area contributed by atoms with Crippen LogP contribution in [0.15, 0.2) is 29.2 Å². The van der Waals surface area contributed by atoms with Crippen LogP contribution in [-0.4, -0.2) is 17.8 Å². The molecular formula is C14H23NS. The van der Waals surface area contributed by atoms with E-state index < -0.39 is 0 Å². The number of hydrogen-bond donors (Lipinski definition) is 1. The van der Waals surface area contributed by atoms with E-state index in [0.29, 0.717) is 0 Å². The van der Waals surface area contributed by atoms with E-state index in [0.717, 1.165) is 12.3 Å². The van der Waals surface area contributed by atoms with Crippen molar-refractivity contribution in [2.45, 2.75) is 44.6 Å². The van der Waals surface area contributed by atoms with Gasteiger partial charge in [-0.05, 0) is 38.8 Å². The number of thioether (sulfide) groups is 1. The summed E-state index contributed by atoms with van der Waals surface area (Å²) in [6.07, 6.45) is 1.17. The minimum atomic E-state index is 0.270. The van der Waals surface area contributed by atoms with Crippen LogP contribution >= 0.6 is 11.8 Å². The van der Waals surface area contributed by atoms with Crippen molar-refractivity contribution >= 4 is 11.8 Å². The van der Waals surface area contributed by atoms with Crippen LogP contribution in [0.3, 0.4) is 0 Å². The second kappa shape index (κ2) is 6.31. The summed E-state index contributed by atoms with van der Waals surface area (Å²) in [6, 6.07) is 8.58. The molecule has 0 atom stereocenters. The zero-order valence-electron chi connectivity index (χ0n) is 10.8. The smallest absolute Gasteiger partial charge is 0.0122 e. The first-order valence-corrected chi connectivity index (χ1v) is 6.97. The fraction of sp³-hybridized carbons (Fsp3) is 0.571. The Balaban J connectivity index is 2.29. The van der Waals surface area contributed by atoms with Crippen molar-refractivity contribution in [3.8, 4) is 0 Å². The van der Waals surface area contributed by atoms with Crippen LogP contribution < -0.4 is 5.32 Å². The van der Waals surface area contributed by atoms with E-state index in [2.05, 4.69) is 57.3 Å². The molecule has 0 aliphatic carbocycles. The molecule has 0 amide bonds. The van der Waals surface area contributed by atoms with Crippen LogP contribution in [0.25, 0.3) is 0 Å². The van der Waals surface area contributed by atoms with Crippen molar-refractivity contribution in [3.05, 3.63) is 29.8 Å². The monoisotopic (exact) mass is 237 g/mol. The van der Waals surface area contributed by atoms with Crippen LogP contribution in [0.2, 0.25) is 0 Å². The van der Waals surface area contributed by atoms with Gasteiger partial charge in [0.2, 0.25) is 0 Å². The molecule has 0 saturated heterocycles. The highest BCUT2D eigenvalue weighted by Gasteiger charge is 2.12. The predicted molar refractivity (Wildman–Crippen MR) is 74.3 cm³/mol. The van der Waals surface area contributed by atoms with Gasteiger partial charge >= 0.3 is 0 Å². The molecular weight excluding hydrogens is 214 g/mol. The molecule has 1 aromatic rings. The second-order valence-corrected chi connectivity index (χ2v) is 5.91. The van der Waals surface area contributed by atoms with Crippen molar-refractivity contribution in [2.75, 3.05) is 12.3 Å². The van der Waals surface area contributed by atoms with E-state index in [4.69, 9.17) is 0 Å². The Morgan fingerprint density at radius 1 is 1.25 bits per heavy atom. The molecule has 2 heteroatoms. The molecule has 1 N–H and O–H groups in total. The fourth-order valence-electron chi connectivity index (χ4n) is 1.39. The normalized spacial score (nSPS) is 11.8. The SMILES string of the molecule is CCC(C)(C)NCCSc1ccccc1C. The molecule has 1 rings (SSSR count). The lowest BCUT2D eigenvalue weighted by Gasteiger charge is -2.24. The molecule has 0 fully saturated rings. The predicted octanol–water partition coefficient (Wildman–Crippen LogP) is 3.87. The Morgan fingerprint density at radius 2 is 1.94 bits per heavy atom. The summed E-state index contributed by atoms with van der Waals surface area (Å²) in [5.74, 6) is 1.13. The molecule has 0 aliphatic heterocycles. The molecule has 0 spiro atoms. The van der Waals surface area contributed by atoms with Gasteiger partial charge in [0.15, 0.2) is 0 Å². The largest absolute Gasteiger partial charge is 0.311 e. The van der Waals surface area contributed by atoms with Crippen LogP contribution in [0.5, 0.6) is 0 Å². The summed E-state index contributed by atoms with van der Waals surface area (Å²) in [5.41, 5.74) is 1.65. The highest BCUT2D eigenvalue weighted by molar-refractivity contribution is 7.99. The van der Waals surface area contributed by atoms with E-state index in [1.54, 1.807) is 0 Å². The molecule has 0 saturated carbocycles. The fourth-order valence-corrected chi connectivity index (χ4v) is 2.29. The molecule has 0 heterocycles. The Labute approximate surface area is 104 Å². The molecule has 0 unspecified atom stereocenters. The first-order valence-electron chi connectivity index (χ1n) is 5.98. The maximum atomic E-state index is 3.58. The van der Waals surface area contributed by atoms with Gasteiger partial charge < -0.3 is 5.32 Å². The van der Waals surface area contributed by atoms with Crippen LogP contribution in [0.1, 0.15) is 32.8 Å². The standard InChI is InChI=1S/C14H23NS/c1-5-14(3,4)15-10-11-16-13-9-7-6-8-12(13)2/h6-9,15H,5,10-11H2,1-4H3. The Kier molecular flexibility index (Phi) is 5.36. The summed E-state index contributed by atoms with van der Waals surface area (Å²) in [6.45, 7) is 9.98. The maximum absolute atomic E-state index is 3.58. The molecule has 0 radical (unpaired) electrons. The van der Waals surface area contributed by atoms with Gasteiger partial charge in [-0.1, -0.05) is 25.1 Å². The molecule has 1 nitrogen and oxygen atoms in total. The van der Waals surface area contributed by atoms with Gasteiger partial charge in [-0.3, -0.25) is 0 Å². The van der Waals surface area contributed by atoms with Crippen molar-refractivity contribution in [3.63, 3.8) is 0 Å². The quantitative estimate of drug-likeness (QED) is 0.595. The Bertz CT molecular complexity index is 320. The van der Waals surface area contributed by atoms with E-state index in [1.807, 2.05) is 11.8 Å². The summed E-state index contributed by atoms with van der Waals surface area (Å²) >= 11 is 1.94.